The second-order valence-corrected chi connectivity index (χ2v) is 6.95. The van der Waals surface area contributed by atoms with Crippen LogP contribution in [-0.2, 0) is 0 Å². The fourth-order valence-corrected chi connectivity index (χ4v) is 2.97. The van der Waals surface area contributed by atoms with Crippen molar-refractivity contribution in [2.75, 3.05) is 13.6 Å². The Balaban J connectivity index is 3.05. The van der Waals surface area contributed by atoms with Gasteiger partial charge in [-0.15, -0.1) is 0 Å². The lowest BCUT2D eigenvalue weighted by molar-refractivity contribution is 0.274. The summed E-state index contributed by atoms with van der Waals surface area (Å²) in [6, 6.07) is 0. The van der Waals surface area contributed by atoms with E-state index in [9.17, 15) is 0 Å². The molecule has 1 atom stereocenters. The number of nitrogens with zero attached hydrogens (tertiary/aromatic N) is 1. The Labute approximate surface area is 126 Å². The Kier molecular flexibility index (Phi) is 6.10. The summed E-state index contributed by atoms with van der Waals surface area (Å²) in [6.45, 7) is 15.1. The Bertz CT molecular complexity index is 409. The van der Waals surface area contributed by atoms with Crippen LogP contribution in [0.4, 0.5) is 0 Å². The van der Waals surface area contributed by atoms with Crippen molar-refractivity contribution >= 4 is 0 Å². The van der Waals surface area contributed by atoms with E-state index in [1.54, 1.807) is 0 Å². The first-order valence-electron chi connectivity index (χ1n) is 8.07. The molecular formula is C19H33N. The maximum Gasteiger partial charge on any atom is 0.0174 e. The molecule has 1 aliphatic rings. The second-order valence-electron chi connectivity index (χ2n) is 6.95. The van der Waals surface area contributed by atoms with Crippen LogP contribution in [0.3, 0.4) is 0 Å². The number of hydrogen-bond acceptors (Lipinski definition) is 1. The fourth-order valence-electron chi connectivity index (χ4n) is 2.97. The van der Waals surface area contributed by atoms with Crippen LogP contribution in [0.1, 0.15) is 60.8 Å². The molecule has 0 spiro atoms. The Hall–Kier alpha value is -0.980. The van der Waals surface area contributed by atoms with E-state index < -0.39 is 0 Å². The average molecular weight is 275 g/mol. The van der Waals surface area contributed by atoms with Gasteiger partial charge in [-0.05, 0) is 43.6 Å². The highest BCUT2D eigenvalue weighted by molar-refractivity contribution is 5.33. The molecule has 0 N–H and O–H groups in total. The Morgan fingerprint density at radius 1 is 1.40 bits per heavy atom. The van der Waals surface area contributed by atoms with Crippen LogP contribution in [0.25, 0.3) is 0 Å². The van der Waals surface area contributed by atoms with Crippen LogP contribution in [0, 0.1) is 11.3 Å². The Morgan fingerprint density at radius 2 is 2.05 bits per heavy atom. The molecule has 0 unspecified atom stereocenters. The third-order valence-electron chi connectivity index (χ3n) is 5.07. The van der Waals surface area contributed by atoms with Crippen molar-refractivity contribution in [3.05, 3.63) is 35.1 Å². The van der Waals surface area contributed by atoms with Crippen LogP contribution in [-0.4, -0.2) is 18.5 Å². The van der Waals surface area contributed by atoms with Crippen molar-refractivity contribution in [1.29, 1.82) is 0 Å². The van der Waals surface area contributed by atoms with Gasteiger partial charge in [0.25, 0.3) is 0 Å². The molecule has 20 heavy (non-hydrogen) atoms. The molecule has 0 aromatic rings. The van der Waals surface area contributed by atoms with Crippen LogP contribution < -0.4 is 0 Å². The van der Waals surface area contributed by atoms with Gasteiger partial charge in [0.2, 0.25) is 0 Å². The topological polar surface area (TPSA) is 3.24 Å². The fraction of sp³-hybridized carbons (Fsp3) is 0.684. The summed E-state index contributed by atoms with van der Waals surface area (Å²) in [4.78, 5) is 2.41. The van der Waals surface area contributed by atoms with Crippen molar-refractivity contribution in [3.8, 4) is 0 Å². The molecule has 1 rings (SSSR count). The van der Waals surface area contributed by atoms with Crippen LogP contribution >= 0.6 is 0 Å². The standard InChI is InChI=1S/C19H33N/c1-8-10-15(2)11-9-12-18-17(4)20(7)14-13-16(3)19(18,5)6/h9,11-12,16H,8,10,13-14H2,1-7H3/b12-9-,15-11+/t16-/m1/s1. The highest BCUT2D eigenvalue weighted by Gasteiger charge is 2.33. The van der Waals surface area contributed by atoms with Crippen LogP contribution in [0.5, 0.6) is 0 Å². The van der Waals surface area contributed by atoms with Crippen molar-refractivity contribution in [1.82, 2.24) is 4.90 Å². The number of rotatable bonds is 4. The van der Waals surface area contributed by atoms with E-state index in [2.05, 4.69) is 71.7 Å². The summed E-state index contributed by atoms with van der Waals surface area (Å²) in [5.74, 6) is 0.711. The van der Waals surface area contributed by atoms with Gasteiger partial charge in [-0.1, -0.05) is 57.9 Å². The van der Waals surface area contributed by atoms with Crippen LogP contribution in [0.2, 0.25) is 0 Å². The van der Waals surface area contributed by atoms with E-state index in [0.717, 1.165) is 0 Å². The quantitative estimate of drug-likeness (QED) is 0.607. The predicted molar refractivity (Wildman–Crippen MR) is 90.7 cm³/mol. The summed E-state index contributed by atoms with van der Waals surface area (Å²) >= 11 is 0. The molecule has 0 radical (unpaired) electrons. The van der Waals surface area contributed by atoms with Gasteiger partial charge in [0.1, 0.15) is 0 Å². The van der Waals surface area contributed by atoms with E-state index in [0.29, 0.717) is 5.92 Å². The highest BCUT2D eigenvalue weighted by Crippen LogP contribution is 2.41. The Morgan fingerprint density at radius 3 is 2.65 bits per heavy atom. The normalized spacial score (nSPS) is 24.4. The molecule has 0 aromatic carbocycles. The largest absolute Gasteiger partial charge is 0.378 e. The first-order chi connectivity index (χ1) is 9.30. The van der Waals surface area contributed by atoms with Gasteiger partial charge in [-0.3, -0.25) is 0 Å². The van der Waals surface area contributed by atoms with Gasteiger partial charge >= 0.3 is 0 Å². The van der Waals surface area contributed by atoms with Crippen molar-refractivity contribution in [3.63, 3.8) is 0 Å². The van der Waals surface area contributed by atoms with E-state index in [-0.39, 0.29) is 5.41 Å². The van der Waals surface area contributed by atoms with Crippen molar-refractivity contribution < 1.29 is 0 Å². The zero-order valence-corrected chi connectivity index (χ0v) is 14.6. The smallest absolute Gasteiger partial charge is 0.0174 e. The van der Waals surface area contributed by atoms with E-state index in [1.165, 1.54) is 42.7 Å². The minimum Gasteiger partial charge on any atom is -0.378 e. The lowest BCUT2D eigenvalue weighted by Crippen LogP contribution is -2.23. The molecular weight excluding hydrogens is 242 g/mol. The van der Waals surface area contributed by atoms with E-state index in [1.807, 2.05) is 0 Å². The first kappa shape index (κ1) is 17.1. The summed E-state index contributed by atoms with van der Waals surface area (Å²) in [5.41, 5.74) is 4.63. The maximum atomic E-state index is 2.41. The predicted octanol–water partition coefficient (Wildman–Crippen LogP) is 5.56. The average Bonchev–Trinajstić information content (AvgIpc) is 2.45. The molecule has 1 heteroatoms. The SMILES string of the molecule is CCC/C(C)=C/C=C\C1=C(C)N(C)CC[C@@H](C)C1(C)C. The molecule has 0 bridgehead atoms. The molecule has 1 heterocycles. The van der Waals surface area contributed by atoms with Crippen molar-refractivity contribution in [2.45, 2.75) is 60.8 Å². The summed E-state index contributed by atoms with van der Waals surface area (Å²) < 4.78 is 0. The first-order valence-corrected chi connectivity index (χ1v) is 8.07. The lowest BCUT2D eigenvalue weighted by atomic mass is 9.72. The highest BCUT2D eigenvalue weighted by atomic mass is 15.1. The summed E-state index contributed by atoms with van der Waals surface area (Å²) in [6.07, 6.45) is 10.5. The third kappa shape index (κ3) is 4.01. The number of allylic oxidation sites excluding steroid dienone is 6. The third-order valence-corrected chi connectivity index (χ3v) is 5.07. The van der Waals surface area contributed by atoms with E-state index in [4.69, 9.17) is 0 Å². The van der Waals surface area contributed by atoms with Gasteiger partial charge in [0.15, 0.2) is 0 Å². The summed E-state index contributed by atoms with van der Waals surface area (Å²) in [5, 5.41) is 0. The molecule has 1 nitrogen and oxygen atoms in total. The van der Waals surface area contributed by atoms with Gasteiger partial charge < -0.3 is 4.90 Å². The zero-order valence-electron chi connectivity index (χ0n) is 14.6. The summed E-state index contributed by atoms with van der Waals surface area (Å²) in [7, 11) is 2.22. The van der Waals surface area contributed by atoms with Gasteiger partial charge in [-0.2, -0.15) is 0 Å². The molecule has 1 aliphatic heterocycles. The lowest BCUT2D eigenvalue weighted by Gasteiger charge is -2.32. The van der Waals surface area contributed by atoms with E-state index >= 15 is 0 Å². The van der Waals surface area contributed by atoms with Crippen molar-refractivity contribution in [2.24, 2.45) is 11.3 Å². The van der Waals surface area contributed by atoms with Gasteiger partial charge in [0, 0.05) is 19.3 Å². The minimum atomic E-state index is 0.248. The molecule has 0 aromatic heterocycles. The number of hydrogen-bond donors (Lipinski definition) is 0. The van der Waals surface area contributed by atoms with Crippen LogP contribution in [0.15, 0.2) is 35.1 Å². The maximum absolute atomic E-state index is 2.41. The molecule has 0 aliphatic carbocycles. The molecule has 0 saturated heterocycles. The molecule has 0 saturated carbocycles. The molecule has 114 valence electrons. The minimum absolute atomic E-state index is 0.248. The molecule has 0 amide bonds. The molecule has 0 fully saturated rings. The zero-order chi connectivity index (χ0) is 15.3. The van der Waals surface area contributed by atoms with Gasteiger partial charge in [-0.25, -0.2) is 0 Å². The second kappa shape index (κ2) is 7.15. The van der Waals surface area contributed by atoms with Gasteiger partial charge in [0.05, 0.1) is 0 Å². The monoisotopic (exact) mass is 275 g/mol.